The maximum atomic E-state index is 13.6. The molecule has 0 N–H and O–H groups in total. The quantitative estimate of drug-likeness (QED) is 0.605. The van der Waals surface area contributed by atoms with Crippen LogP contribution in [0, 0.1) is 0 Å². The van der Waals surface area contributed by atoms with E-state index in [-0.39, 0.29) is 12.6 Å². The van der Waals surface area contributed by atoms with Gasteiger partial charge in [0.25, 0.3) is 6.71 Å². The lowest BCUT2D eigenvalue weighted by Crippen LogP contribution is -2.44. The van der Waals surface area contributed by atoms with Crippen LogP contribution in [-0.4, -0.2) is 20.3 Å². The van der Waals surface area contributed by atoms with E-state index in [9.17, 15) is 21.7 Å². The van der Waals surface area contributed by atoms with Crippen molar-refractivity contribution < 1.29 is 26.1 Å². The van der Waals surface area contributed by atoms with E-state index in [1.54, 1.807) is 0 Å². The molecule has 3 nitrogen and oxygen atoms in total. The molecule has 0 aromatic rings. The molecule has 0 aromatic heterocycles. The first-order valence-electron chi connectivity index (χ1n) is 5.76. The van der Waals surface area contributed by atoms with Crippen molar-refractivity contribution in [3.63, 3.8) is 0 Å². The Bertz CT molecular complexity index is 301. The second-order valence-corrected chi connectivity index (χ2v) is 5.64. The molecular weight excluding hydrogens is 256 g/mol. The SMILES string of the molecule is CCCCB(CCCC)C(F)(F)S(=O)(=O)OF. The standard InChI is InChI=1S/C9H18BF3O3S/c1-3-5-7-10(8-6-4-2)9(11,12)17(14,15)16-13/h3-8H2,1-2H3. The molecule has 0 amide bonds. The predicted molar refractivity (Wildman–Crippen MR) is 61.2 cm³/mol. The summed E-state index contributed by atoms with van der Waals surface area (Å²) < 4.78 is 63.0. The molecular formula is C9H18BF3O3S. The summed E-state index contributed by atoms with van der Waals surface area (Å²) in [5, 5.41) is -4.16. The zero-order chi connectivity index (χ0) is 13.5. The van der Waals surface area contributed by atoms with Crippen LogP contribution in [0.15, 0.2) is 0 Å². The summed E-state index contributed by atoms with van der Waals surface area (Å²) in [5.74, 6) is 0. The molecule has 0 aromatic carbocycles. The van der Waals surface area contributed by atoms with Gasteiger partial charge in [-0.25, -0.2) is 0 Å². The highest BCUT2D eigenvalue weighted by Crippen LogP contribution is 2.32. The largest absolute Gasteiger partial charge is 0.354 e. The van der Waals surface area contributed by atoms with Gasteiger partial charge in [0.2, 0.25) is 0 Å². The van der Waals surface area contributed by atoms with Crippen molar-refractivity contribution in [2.24, 2.45) is 0 Å². The molecule has 0 rings (SSSR count). The molecule has 0 unspecified atom stereocenters. The minimum absolute atomic E-state index is 0.0477. The van der Waals surface area contributed by atoms with Crippen LogP contribution in [0.3, 0.4) is 0 Å². The summed E-state index contributed by atoms with van der Waals surface area (Å²) in [7, 11) is -5.46. The summed E-state index contributed by atoms with van der Waals surface area (Å²) in [5.41, 5.74) is 0. The molecule has 0 bridgehead atoms. The van der Waals surface area contributed by atoms with Gasteiger partial charge >= 0.3 is 15.3 Å². The molecule has 8 heteroatoms. The molecule has 0 atom stereocenters. The van der Waals surface area contributed by atoms with E-state index in [1.165, 1.54) is 0 Å². The van der Waals surface area contributed by atoms with Gasteiger partial charge in [-0.3, -0.25) is 0 Å². The van der Waals surface area contributed by atoms with E-state index in [1.807, 2.05) is 13.8 Å². The number of hydrogen-bond donors (Lipinski definition) is 0. The Balaban J connectivity index is 4.86. The monoisotopic (exact) mass is 274 g/mol. The van der Waals surface area contributed by atoms with Crippen molar-refractivity contribution in [3.8, 4) is 0 Å². The van der Waals surface area contributed by atoms with Crippen molar-refractivity contribution in [1.29, 1.82) is 0 Å². The molecule has 0 saturated carbocycles. The molecule has 0 aliphatic heterocycles. The van der Waals surface area contributed by atoms with Crippen LogP contribution in [0.5, 0.6) is 0 Å². The number of alkyl halides is 2. The lowest BCUT2D eigenvalue weighted by atomic mass is 9.43. The van der Waals surface area contributed by atoms with E-state index < -0.39 is 22.0 Å². The summed E-state index contributed by atoms with van der Waals surface area (Å²) in [4.78, 5) is 0. The van der Waals surface area contributed by atoms with Gasteiger partial charge in [0, 0.05) is 0 Å². The van der Waals surface area contributed by atoms with Gasteiger partial charge in [0.05, 0.1) is 0 Å². The van der Waals surface area contributed by atoms with Crippen LogP contribution in [0.2, 0.25) is 12.6 Å². The highest BCUT2D eigenvalue weighted by Gasteiger charge is 2.55. The van der Waals surface area contributed by atoms with Crippen molar-refractivity contribution in [2.75, 3.05) is 0 Å². The van der Waals surface area contributed by atoms with E-state index in [2.05, 4.69) is 4.39 Å². The van der Waals surface area contributed by atoms with Crippen LogP contribution in [0.4, 0.5) is 13.3 Å². The molecule has 0 radical (unpaired) electrons. The van der Waals surface area contributed by atoms with Gasteiger partial charge in [-0.1, -0.05) is 56.6 Å². The molecule has 102 valence electrons. The maximum Gasteiger partial charge on any atom is 0.354 e. The van der Waals surface area contributed by atoms with Crippen molar-refractivity contribution in [2.45, 2.75) is 57.3 Å². The minimum Gasteiger partial charge on any atom is -0.197 e. The Morgan fingerprint density at radius 3 is 1.82 bits per heavy atom. The first-order valence-corrected chi connectivity index (χ1v) is 7.16. The van der Waals surface area contributed by atoms with Crippen molar-refractivity contribution >= 4 is 16.8 Å². The van der Waals surface area contributed by atoms with Crippen molar-refractivity contribution in [3.05, 3.63) is 0 Å². The minimum atomic E-state index is -5.46. The summed E-state index contributed by atoms with van der Waals surface area (Å²) in [6.45, 7) is 2.24. The highest BCUT2D eigenvalue weighted by molar-refractivity contribution is 7.89. The van der Waals surface area contributed by atoms with Crippen LogP contribution in [0.1, 0.15) is 39.5 Å². The summed E-state index contributed by atoms with van der Waals surface area (Å²) in [6, 6.07) is 0. The number of halogens is 3. The second kappa shape index (κ2) is 7.26. The normalized spacial score (nSPS) is 12.8. The molecule has 0 aliphatic carbocycles. The average Bonchev–Trinajstić information content (AvgIpc) is 2.28. The second-order valence-electron chi connectivity index (χ2n) is 4.06. The van der Waals surface area contributed by atoms with Crippen LogP contribution in [0.25, 0.3) is 0 Å². The molecule has 0 saturated heterocycles. The van der Waals surface area contributed by atoms with Gasteiger partial charge in [-0.05, 0) is 4.53 Å². The first-order chi connectivity index (χ1) is 7.83. The zero-order valence-corrected chi connectivity index (χ0v) is 10.9. The summed E-state index contributed by atoms with van der Waals surface area (Å²) >= 11 is 0. The fraction of sp³-hybridized carbons (Fsp3) is 1.00. The van der Waals surface area contributed by atoms with E-state index in [4.69, 9.17) is 0 Å². The third kappa shape index (κ3) is 4.50. The third-order valence-electron chi connectivity index (χ3n) is 2.70. The van der Waals surface area contributed by atoms with Crippen LogP contribution >= 0.6 is 0 Å². The predicted octanol–water partition coefficient (Wildman–Crippen LogP) is 3.44. The first kappa shape index (κ1) is 16.8. The Morgan fingerprint density at radius 2 is 1.53 bits per heavy atom. The average molecular weight is 274 g/mol. The lowest BCUT2D eigenvalue weighted by Gasteiger charge is -2.21. The van der Waals surface area contributed by atoms with Gasteiger partial charge in [0.15, 0.2) is 0 Å². The molecule has 0 aliphatic rings. The van der Waals surface area contributed by atoms with E-state index in [0.717, 1.165) is 0 Å². The molecule has 0 spiro atoms. The Hall–Kier alpha value is -0.235. The fourth-order valence-corrected chi connectivity index (χ4v) is 2.36. The topological polar surface area (TPSA) is 43.4 Å². The van der Waals surface area contributed by atoms with Gasteiger partial charge in [-0.15, -0.1) is 0 Å². The zero-order valence-electron chi connectivity index (χ0n) is 10.1. The van der Waals surface area contributed by atoms with Crippen LogP contribution < -0.4 is 0 Å². The number of rotatable bonds is 9. The Morgan fingerprint density at radius 1 is 1.12 bits per heavy atom. The fourth-order valence-electron chi connectivity index (χ4n) is 1.63. The summed E-state index contributed by atoms with van der Waals surface area (Å²) in [6.07, 6.45) is 2.40. The Kier molecular flexibility index (Phi) is 7.15. The highest BCUT2D eigenvalue weighted by atomic mass is 32.2. The maximum absolute atomic E-state index is 13.6. The third-order valence-corrected chi connectivity index (χ3v) is 3.87. The number of hydrogen-bond acceptors (Lipinski definition) is 3. The van der Waals surface area contributed by atoms with Gasteiger partial charge < -0.3 is 0 Å². The van der Waals surface area contributed by atoms with E-state index >= 15 is 0 Å². The smallest absolute Gasteiger partial charge is 0.197 e. The van der Waals surface area contributed by atoms with Crippen molar-refractivity contribution in [1.82, 2.24) is 0 Å². The van der Waals surface area contributed by atoms with Gasteiger partial charge in [-0.2, -0.15) is 17.2 Å². The Labute approximate surface area is 101 Å². The molecule has 17 heavy (non-hydrogen) atoms. The molecule has 0 heterocycles. The van der Waals surface area contributed by atoms with Crippen LogP contribution in [-0.2, 0) is 14.5 Å². The molecule has 0 fully saturated rings. The van der Waals surface area contributed by atoms with E-state index in [0.29, 0.717) is 25.7 Å². The lowest BCUT2D eigenvalue weighted by molar-refractivity contribution is -0.0141. The number of unbranched alkanes of at least 4 members (excludes halogenated alkanes) is 2. The van der Waals surface area contributed by atoms with Gasteiger partial charge in [0.1, 0.15) is 0 Å².